The van der Waals surface area contributed by atoms with Crippen molar-refractivity contribution in [2.75, 3.05) is 31.4 Å². The first-order valence-electron chi connectivity index (χ1n) is 10.8. The highest BCUT2D eigenvalue weighted by Gasteiger charge is 2.59. The summed E-state index contributed by atoms with van der Waals surface area (Å²) in [6.45, 7) is 0.766. The van der Waals surface area contributed by atoms with Crippen LogP contribution in [-0.4, -0.2) is 43.2 Å². The molecule has 0 unspecified atom stereocenters. The maximum atomic E-state index is 14.2. The molecule has 174 valence electrons. The number of ether oxygens (including phenoxy) is 2. The third-order valence-corrected chi connectivity index (χ3v) is 8.06. The third kappa shape index (κ3) is 3.51. The molecule has 1 spiro atoms. The molecule has 1 saturated heterocycles. The van der Waals surface area contributed by atoms with Crippen molar-refractivity contribution < 1.29 is 19.1 Å². The van der Waals surface area contributed by atoms with Crippen LogP contribution in [0.2, 0.25) is 5.02 Å². The molecule has 6 nitrogen and oxygen atoms in total. The van der Waals surface area contributed by atoms with Crippen LogP contribution in [0, 0.1) is 0 Å². The minimum Gasteiger partial charge on any atom is -0.497 e. The number of nitrogens with zero attached hydrogens (tertiary/aromatic N) is 2. The smallest absolute Gasteiger partial charge is 0.268 e. The van der Waals surface area contributed by atoms with E-state index in [0.29, 0.717) is 40.9 Å². The van der Waals surface area contributed by atoms with Crippen molar-refractivity contribution in [3.05, 3.63) is 88.4 Å². The first kappa shape index (κ1) is 22.6. The number of anilines is 1. The van der Waals surface area contributed by atoms with Crippen LogP contribution in [0.15, 0.2) is 66.7 Å². The number of carbonyl (C=O) groups is 2. The van der Waals surface area contributed by atoms with Gasteiger partial charge < -0.3 is 19.3 Å². The quantitative estimate of drug-likeness (QED) is 0.502. The van der Waals surface area contributed by atoms with Crippen LogP contribution >= 0.6 is 23.4 Å². The summed E-state index contributed by atoms with van der Waals surface area (Å²) in [6.07, 6.45) is 0. The minimum absolute atomic E-state index is 0.153. The van der Waals surface area contributed by atoms with E-state index in [9.17, 15) is 9.59 Å². The number of methoxy groups -OCH3 is 2. The van der Waals surface area contributed by atoms with Gasteiger partial charge >= 0.3 is 0 Å². The second-order valence-electron chi connectivity index (χ2n) is 8.04. The number of fused-ring (bicyclic) bond motifs is 2. The predicted molar refractivity (Wildman–Crippen MR) is 134 cm³/mol. The van der Waals surface area contributed by atoms with Gasteiger partial charge in [0.1, 0.15) is 11.5 Å². The molecule has 0 bridgehead atoms. The van der Waals surface area contributed by atoms with Crippen molar-refractivity contribution in [2.45, 2.75) is 11.4 Å². The highest BCUT2D eigenvalue weighted by molar-refractivity contribution is 8.01. The van der Waals surface area contributed by atoms with Gasteiger partial charge in [-0.15, -0.1) is 11.8 Å². The summed E-state index contributed by atoms with van der Waals surface area (Å²) in [4.78, 5) is 30.1. The Bertz CT molecular complexity index is 1270. The number of amides is 2. The lowest BCUT2D eigenvalue weighted by Gasteiger charge is -2.33. The minimum atomic E-state index is -1.16. The van der Waals surface area contributed by atoms with Gasteiger partial charge in [-0.2, -0.15) is 0 Å². The molecule has 0 N–H and O–H groups in total. The summed E-state index contributed by atoms with van der Waals surface area (Å²) in [5.74, 6) is 1.59. The summed E-state index contributed by atoms with van der Waals surface area (Å²) < 4.78 is 10.7. The first-order chi connectivity index (χ1) is 16.5. The Hall–Kier alpha value is -3.16. The molecule has 0 aliphatic carbocycles. The summed E-state index contributed by atoms with van der Waals surface area (Å²) in [5, 5.41) is 0.594. The van der Waals surface area contributed by atoms with Crippen molar-refractivity contribution >= 4 is 40.9 Å². The summed E-state index contributed by atoms with van der Waals surface area (Å²) in [6, 6.07) is 20.0. The van der Waals surface area contributed by atoms with Crippen LogP contribution in [0.5, 0.6) is 11.5 Å². The lowest BCUT2D eigenvalue weighted by atomic mass is 10.0. The molecule has 2 amide bonds. The number of rotatable bonds is 5. The second-order valence-corrected chi connectivity index (χ2v) is 9.74. The Balaban J connectivity index is 1.60. The van der Waals surface area contributed by atoms with Crippen molar-refractivity contribution in [2.24, 2.45) is 0 Å². The van der Waals surface area contributed by atoms with Gasteiger partial charge in [0.15, 0.2) is 4.87 Å². The Morgan fingerprint density at radius 3 is 2.44 bits per heavy atom. The van der Waals surface area contributed by atoms with Crippen molar-refractivity contribution in [1.82, 2.24) is 4.90 Å². The van der Waals surface area contributed by atoms with Gasteiger partial charge in [-0.05, 0) is 54.1 Å². The largest absolute Gasteiger partial charge is 0.497 e. The molecule has 1 atom stereocenters. The molecule has 0 aromatic heterocycles. The molecule has 0 saturated carbocycles. The molecule has 34 heavy (non-hydrogen) atoms. The zero-order chi connectivity index (χ0) is 23.9. The zero-order valence-electron chi connectivity index (χ0n) is 18.8. The number of carbonyl (C=O) groups excluding carboxylic acids is 2. The molecule has 2 aliphatic heterocycles. The summed E-state index contributed by atoms with van der Waals surface area (Å²) in [5.41, 5.74) is 2.86. The van der Waals surface area contributed by atoms with E-state index in [-0.39, 0.29) is 11.8 Å². The Morgan fingerprint density at radius 1 is 1.03 bits per heavy atom. The van der Waals surface area contributed by atoms with Crippen molar-refractivity contribution in [3.8, 4) is 11.5 Å². The summed E-state index contributed by atoms with van der Waals surface area (Å²) >= 11 is 7.90. The molecule has 5 rings (SSSR count). The molecular formula is C26H23ClN2O4S. The van der Waals surface area contributed by atoms with E-state index in [0.717, 1.165) is 16.8 Å². The number of hydrogen-bond donors (Lipinski definition) is 0. The Morgan fingerprint density at radius 2 is 1.74 bits per heavy atom. The van der Waals surface area contributed by atoms with E-state index in [1.165, 1.54) is 11.8 Å². The van der Waals surface area contributed by atoms with E-state index in [4.69, 9.17) is 21.1 Å². The standard InChI is InChI=1S/C26H23ClN2O4S/c1-32-19-9-7-17(8-10-19)24(30)29-13-14-34-26(29)21-15-20(33-2)11-12-23(21)28(25(26)31)16-18-5-3-4-6-22(18)27/h3-12,15H,13-14,16H2,1-2H3/t26-/m0/s1. The third-order valence-electron chi connectivity index (χ3n) is 6.27. The van der Waals surface area contributed by atoms with Gasteiger partial charge in [-0.25, -0.2) is 0 Å². The molecule has 2 aliphatic rings. The molecule has 2 heterocycles. The number of hydrogen-bond acceptors (Lipinski definition) is 5. The fraction of sp³-hybridized carbons (Fsp3) is 0.231. The normalized spacial score (nSPS) is 19.0. The van der Waals surface area contributed by atoms with Gasteiger partial charge in [0.25, 0.3) is 11.8 Å². The second kappa shape index (κ2) is 8.89. The van der Waals surface area contributed by atoms with E-state index in [1.54, 1.807) is 48.3 Å². The summed E-state index contributed by atoms with van der Waals surface area (Å²) in [7, 11) is 3.17. The van der Waals surface area contributed by atoms with E-state index in [2.05, 4.69) is 0 Å². The van der Waals surface area contributed by atoms with Gasteiger partial charge in [0, 0.05) is 28.4 Å². The highest BCUT2D eigenvalue weighted by Crippen LogP contribution is 2.55. The average Bonchev–Trinajstić information content (AvgIpc) is 3.41. The van der Waals surface area contributed by atoms with Gasteiger partial charge in [-0.3, -0.25) is 9.59 Å². The van der Waals surface area contributed by atoms with Crippen LogP contribution < -0.4 is 14.4 Å². The predicted octanol–water partition coefficient (Wildman–Crippen LogP) is 4.95. The maximum Gasteiger partial charge on any atom is 0.268 e. The van der Waals surface area contributed by atoms with Crippen molar-refractivity contribution in [1.29, 1.82) is 0 Å². The highest BCUT2D eigenvalue weighted by atomic mass is 35.5. The maximum absolute atomic E-state index is 14.2. The van der Waals surface area contributed by atoms with Crippen molar-refractivity contribution in [3.63, 3.8) is 0 Å². The Labute approximate surface area is 207 Å². The molecule has 3 aromatic carbocycles. The SMILES string of the molecule is COc1ccc(C(=O)N2CCS[C@@]23C(=O)N(Cc2ccccc2Cl)c2ccc(OC)cc23)cc1. The van der Waals surface area contributed by atoms with Crippen LogP contribution in [0.1, 0.15) is 21.5 Å². The van der Waals surface area contributed by atoms with E-state index in [1.807, 2.05) is 42.5 Å². The number of halogens is 1. The molecule has 0 radical (unpaired) electrons. The van der Waals surface area contributed by atoms with Crippen LogP contribution in [0.4, 0.5) is 5.69 Å². The number of thioether (sulfide) groups is 1. The first-order valence-corrected chi connectivity index (χ1v) is 12.2. The molecule has 1 fully saturated rings. The average molecular weight is 495 g/mol. The topological polar surface area (TPSA) is 59.1 Å². The number of benzene rings is 3. The van der Waals surface area contributed by atoms with Gasteiger partial charge in [-0.1, -0.05) is 29.8 Å². The van der Waals surface area contributed by atoms with Gasteiger partial charge in [0.2, 0.25) is 0 Å². The van der Waals surface area contributed by atoms with E-state index >= 15 is 0 Å². The lowest BCUT2D eigenvalue weighted by Crippen LogP contribution is -2.50. The fourth-order valence-electron chi connectivity index (χ4n) is 4.56. The molecule has 3 aromatic rings. The van der Waals surface area contributed by atoms with Crippen LogP contribution in [0.3, 0.4) is 0 Å². The Kier molecular flexibility index (Phi) is 5.91. The lowest BCUT2D eigenvalue weighted by molar-refractivity contribution is -0.123. The van der Waals surface area contributed by atoms with Crippen LogP contribution in [0.25, 0.3) is 0 Å². The van der Waals surface area contributed by atoms with Crippen LogP contribution in [-0.2, 0) is 16.2 Å². The molecule has 8 heteroatoms. The zero-order valence-corrected chi connectivity index (χ0v) is 20.4. The molecular weight excluding hydrogens is 472 g/mol. The van der Waals surface area contributed by atoms with E-state index < -0.39 is 4.87 Å². The fourth-order valence-corrected chi connectivity index (χ4v) is 6.21. The van der Waals surface area contributed by atoms with Gasteiger partial charge in [0.05, 0.1) is 26.5 Å². The monoisotopic (exact) mass is 494 g/mol.